The van der Waals surface area contributed by atoms with E-state index < -0.39 is 234 Å². The summed E-state index contributed by atoms with van der Waals surface area (Å²) in [5.74, 6) is -22.1. The lowest BCUT2D eigenvalue weighted by atomic mass is 10.0. The van der Waals surface area contributed by atoms with Crippen LogP contribution in [0.1, 0.15) is 57.1 Å². The van der Waals surface area contributed by atoms with Gasteiger partial charge in [0, 0.05) is 60.3 Å². The molecule has 0 unspecified atom stereocenters. The van der Waals surface area contributed by atoms with Crippen molar-refractivity contribution in [3.05, 3.63) is 59.7 Å². The number of alkyl halides is 3. The molecule has 600 valence electrons. The number of nitrogens with two attached hydrogens (primary N) is 2. The van der Waals surface area contributed by atoms with E-state index in [9.17, 15) is 115 Å². The number of rotatable bonds is 42. The average molecular weight is 1650 g/mol. The highest BCUT2D eigenvalue weighted by molar-refractivity contribution is 7.81. The Balaban J connectivity index is 0.00000537. The number of nitrogens with zero attached hydrogens (tertiary/aromatic N) is 1. The number of phenols is 2. The third kappa shape index (κ3) is 32.7. The van der Waals surface area contributed by atoms with E-state index in [1.54, 1.807) is 0 Å². The third-order valence-electron chi connectivity index (χ3n) is 15.2. The molecule has 14 atom stereocenters. The molecule has 3 rings (SSSR count). The standard InChI is InChI=1S/C59H85N15O21S6.C2HF3O2/c1-26(47(82)69-41(25-101)55(90)73-46(27(2)75)57(92)62-19-44(79)64-37(21-97)51(86)68-36(59(94)95)17-29-7-11-31(77)12-8-29)63-56(91)42-4-3-15-74(42)58(93)35(18-43(61)78)67-53(88)39(23-99)72-54(89)40(24-100)71-50(85)34(16-28-5-9-30(76)10-6-28)66-49(84)33(13-14-45(80)81)65-52(87)38(22-98)70-48(83)32(60)20-96;3-2(4,5)1(6)7/h5-12,26-27,32-42,46,75-77,96-101H,3-4,13-25,60H2,1-2H3,(H2,61,78)(H,62,92)(H,63,91)(H,64,79)(H,65,87)(H,66,84)(H,67,88)(H,68,86)(H,69,82)(H,70,83)(H,71,85)(H,72,89)(H,73,90)(H,80,81)(H,94,95);(H,6,7)/t26-,27+,32-,33-,34-,35-,36-,37-,38-,39-,40-,41-,42-,46-;/m0./s1. The van der Waals surface area contributed by atoms with Crippen LogP contribution in [0.2, 0.25) is 0 Å². The van der Waals surface area contributed by atoms with Crippen LogP contribution < -0.4 is 75.3 Å². The summed E-state index contributed by atoms with van der Waals surface area (Å²) in [5.41, 5.74) is 12.0. The largest absolute Gasteiger partial charge is 0.508 e. The first-order valence-electron chi connectivity index (χ1n) is 32.2. The second-order valence-electron chi connectivity index (χ2n) is 23.7. The number of benzene rings is 2. The Bertz CT molecular complexity index is 3530. The maximum atomic E-state index is 14.2. The van der Waals surface area contributed by atoms with Gasteiger partial charge in [-0.3, -0.25) is 71.9 Å². The van der Waals surface area contributed by atoms with Crippen LogP contribution in [0.5, 0.6) is 11.5 Å². The van der Waals surface area contributed by atoms with Gasteiger partial charge in [0.25, 0.3) is 0 Å². The topological polar surface area (TPSA) is 611 Å². The summed E-state index contributed by atoms with van der Waals surface area (Å²) in [6, 6.07) is -8.90. The summed E-state index contributed by atoms with van der Waals surface area (Å²) in [6.45, 7) is 1.38. The van der Waals surface area contributed by atoms with Gasteiger partial charge in [-0.1, -0.05) is 24.3 Å². The van der Waals surface area contributed by atoms with Crippen molar-refractivity contribution in [3.63, 3.8) is 0 Å². The van der Waals surface area contributed by atoms with Crippen molar-refractivity contribution < 1.29 is 125 Å². The molecule has 0 bridgehead atoms. The number of aliphatic carboxylic acids is 3. The van der Waals surface area contributed by atoms with E-state index in [4.69, 9.17) is 21.4 Å². The van der Waals surface area contributed by atoms with Crippen molar-refractivity contribution >= 4 is 176 Å². The smallest absolute Gasteiger partial charge is 0.490 e. The Labute approximate surface area is 646 Å². The fraction of sp³-hybridized carbons (Fsp3) is 0.525. The Kier molecular flexibility index (Phi) is 41.2. The molecule has 1 aliphatic rings. The summed E-state index contributed by atoms with van der Waals surface area (Å²) >= 11 is 24.6. The molecule has 0 aliphatic carbocycles. The number of hydrogen-bond acceptors (Lipinski definition) is 27. The lowest BCUT2D eigenvalue weighted by molar-refractivity contribution is -0.192. The molecule has 38 nitrogen and oxygen atoms in total. The van der Waals surface area contributed by atoms with Gasteiger partial charge in [0.1, 0.15) is 84.0 Å². The lowest BCUT2D eigenvalue weighted by Gasteiger charge is -2.30. The van der Waals surface area contributed by atoms with E-state index in [1.807, 2.05) is 0 Å². The number of nitrogens with one attached hydrogen (secondary N) is 12. The van der Waals surface area contributed by atoms with Crippen molar-refractivity contribution in [2.24, 2.45) is 11.5 Å². The van der Waals surface area contributed by atoms with Gasteiger partial charge in [0.15, 0.2) is 0 Å². The number of amides is 14. The first-order chi connectivity index (χ1) is 50.5. The summed E-state index contributed by atoms with van der Waals surface area (Å²) in [6.07, 6.45) is -9.09. The first-order valence-corrected chi connectivity index (χ1v) is 35.9. The van der Waals surface area contributed by atoms with Gasteiger partial charge < -0.3 is 111 Å². The fourth-order valence-corrected chi connectivity index (χ4v) is 10.9. The number of carboxylic acids is 3. The lowest BCUT2D eigenvalue weighted by Crippen LogP contribution is -2.61. The normalized spacial score (nSPS) is 16.0. The minimum Gasteiger partial charge on any atom is -0.508 e. The highest BCUT2D eigenvalue weighted by Crippen LogP contribution is 2.21. The number of carbonyl (C=O) groups is 17. The van der Waals surface area contributed by atoms with Crippen molar-refractivity contribution in [2.75, 3.05) is 47.6 Å². The predicted octanol–water partition coefficient (Wildman–Crippen LogP) is -6.91. The van der Waals surface area contributed by atoms with Crippen LogP contribution in [0, 0.1) is 0 Å². The summed E-state index contributed by atoms with van der Waals surface area (Å²) in [4.78, 5) is 222. The highest BCUT2D eigenvalue weighted by atomic mass is 32.1. The molecule has 22 N–H and O–H groups in total. The molecular weight excluding hydrogens is 1560 g/mol. The number of aliphatic hydroxyl groups is 1. The van der Waals surface area contributed by atoms with E-state index in [0.29, 0.717) is 11.1 Å². The van der Waals surface area contributed by atoms with Crippen molar-refractivity contribution in [3.8, 4) is 11.5 Å². The number of thiol groups is 6. The zero-order valence-electron chi connectivity index (χ0n) is 57.4. The number of halogens is 3. The molecule has 0 radical (unpaired) electrons. The molecule has 2 aromatic rings. The van der Waals surface area contributed by atoms with Crippen LogP contribution in [-0.2, 0) is 94.3 Å². The van der Waals surface area contributed by atoms with Crippen molar-refractivity contribution in [2.45, 2.75) is 150 Å². The molecule has 2 aromatic carbocycles. The molecule has 1 saturated heterocycles. The first kappa shape index (κ1) is 94.9. The van der Waals surface area contributed by atoms with Crippen LogP contribution in [0.25, 0.3) is 0 Å². The number of hydrogen-bond donors (Lipinski definition) is 26. The maximum Gasteiger partial charge on any atom is 0.490 e. The maximum absolute atomic E-state index is 14.2. The van der Waals surface area contributed by atoms with Crippen LogP contribution in [0.15, 0.2) is 48.5 Å². The van der Waals surface area contributed by atoms with Crippen LogP contribution in [0.3, 0.4) is 0 Å². The number of carbonyl (C=O) groups excluding carboxylic acids is 14. The Hall–Kier alpha value is -9.16. The average Bonchev–Trinajstić information content (AvgIpc) is 1.62. The zero-order chi connectivity index (χ0) is 82.0. The summed E-state index contributed by atoms with van der Waals surface area (Å²) in [5, 5.41) is 84.3. The Morgan fingerprint density at radius 2 is 0.889 bits per heavy atom. The minimum absolute atomic E-state index is 0.00496. The molecular formula is C61H86F3N15O23S6. The van der Waals surface area contributed by atoms with E-state index in [-0.39, 0.29) is 61.0 Å². The quantitative estimate of drug-likeness (QED) is 0.0275. The van der Waals surface area contributed by atoms with Crippen molar-refractivity contribution in [1.82, 2.24) is 68.7 Å². The second kappa shape index (κ2) is 46.9. The summed E-state index contributed by atoms with van der Waals surface area (Å²) in [7, 11) is 0. The number of carboxylic acid groups (broad SMARTS) is 3. The molecule has 0 saturated carbocycles. The van der Waals surface area contributed by atoms with Crippen LogP contribution >= 0.6 is 75.8 Å². The Morgan fingerprint density at radius 1 is 0.509 bits per heavy atom. The van der Waals surface area contributed by atoms with Gasteiger partial charge in [-0.05, 0) is 68.5 Å². The monoisotopic (exact) mass is 1650 g/mol. The second-order valence-corrected chi connectivity index (χ2v) is 25.9. The molecule has 0 spiro atoms. The fourth-order valence-electron chi connectivity index (χ4n) is 9.41. The predicted molar refractivity (Wildman–Crippen MR) is 393 cm³/mol. The molecule has 14 amide bonds. The van der Waals surface area contributed by atoms with Gasteiger partial charge in [-0.15, -0.1) is 0 Å². The SMILES string of the molecule is C[C@H](NC(=O)[C@@H]1CCCN1C(=O)[C@H](CC(N)=O)NC(=O)[C@H](CS)NC(=O)[C@H](CS)NC(=O)[C@H](Cc1ccc(O)cc1)NC(=O)[C@H](CCC(=O)O)NC(=O)[C@H](CS)NC(=O)[C@@H](N)CS)C(=O)N[C@@H](CS)C(=O)N[C@H](C(=O)NCC(=O)N[C@@H](CS)C(=O)N[C@@H](Cc1ccc(O)cc1)C(=O)O)[C@@H](C)O.O=C(O)C(F)(F)F. The molecule has 47 heteroatoms. The van der Waals surface area contributed by atoms with Crippen LogP contribution in [-0.4, -0.2) is 275 Å². The Morgan fingerprint density at radius 3 is 1.31 bits per heavy atom. The number of likely N-dealkylation sites (tertiary alicyclic amines) is 1. The molecule has 108 heavy (non-hydrogen) atoms. The number of primary amides is 1. The third-order valence-corrected chi connectivity index (χ3v) is 17.5. The number of phenolic OH excluding ortho intramolecular Hbond substituents is 2. The minimum atomic E-state index is -5.08. The van der Waals surface area contributed by atoms with E-state index in [0.717, 1.165) is 11.8 Å². The van der Waals surface area contributed by atoms with Gasteiger partial charge in [-0.2, -0.15) is 88.9 Å². The van der Waals surface area contributed by atoms with Gasteiger partial charge >= 0.3 is 24.1 Å². The molecule has 1 heterocycles. The molecule has 1 fully saturated rings. The number of aromatic hydroxyl groups is 2. The zero-order valence-corrected chi connectivity index (χ0v) is 62.7. The van der Waals surface area contributed by atoms with Gasteiger partial charge in [0.05, 0.1) is 25.1 Å². The van der Waals surface area contributed by atoms with E-state index >= 15 is 0 Å². The molecule has 0 aromatic heterocycles. The molecule has 1 aliphatic heterocycles. The number of aliphatic hydroxyl groups excluding tert-OH is 1. The van der Waals surface area contributed by atoms with Crippen LogP contribution in [0.4, 0.5) is 13.2 Å². The van der Waals surface area contributed by atoms with Crippen molar-refractivity contribution in [1.29, 1.82) is 0 Å². The highest BCUT2D eigenvalue weighted by Gasteiger charge is 2.42. The van der Waals surface area contributed by atoms with Gasteiger partial charge in [-0.25, -0.2) is 9.59 Å². The summed E-state index contributed by atoms with van der Waals surface area (Å²) < 4.78 is 31.7. The van der Waals surface area contributed by atoms with E-state index in [1.165, 1.54) is 55.5 Å². The van der Waals surface area contributed by atoms with Gasteiger partial charge in [0.2, 0.25) is 82.7 Å². The van der Waals surface area contributed by atoms with E-state index in [2.05, 4.69) is 140 Å².